The van der Waals surface area contributed by atoms with Gasteiger partial charge in [-0.15, -0.1) is 0 Å². The van der Waals surface area contributed by atoms with Gasteiger partial charge in [0.25, 0.3) is 0 Å². The quantitative estimate of drug-likeness (QED) is 0.622. The zero-order valence-corrected chi connectivity index (χ0v) is 12.6. The molecule has 0 saturated carbocycles. The van der Waals surface area contributed by atoms with E-state index < -0.39 is 10.3 Å². The van der Waals surface area contributed by atoms with Crippen molar-refractivity contribution in [2.24, 2.45) is 0 Å². The Morgan fingerprint density at radius 2 is 1.95 bits per heavy atom. The summed E-state index contributed by atoms with van der Waals surface area (Å²) in [5.74, 6) is -0.867. The van der Waals surface area contributed by atoms with Crippen molar-refractivity contribution in [2.75, 3.05) is 6.54 Å². The highest BCUT2D eigenvalue weighted by molar-refractivity contribution is 6.47. The summed E-state index contributed by atoms with van der Waals surface area (Å²) >= 11 is 12.4. The number of Topliss-reactive ketones (excluding diaryl/α,β-unsaturated/α-hetero) is 1. The van der Waals surface area contributed by atoms with Crippen molar-refractivity contribution in [3.05, 3.63) is 35.4 Å². The zero-order valence-electron chi connectivity index (χ0n) is 11.1. The van der Waals surface area contributed by atoms with Crippen molar-refractivity contribution in [2.45, 2.75) is 36.1 Å². The first-order chi connectivity index (χ1) is 9.41. The molecule has 1 aromatic rings. The molecule has 2 saturated heterocycles. The van der Waals surface area contributed by atoms with Gasteiger partial charge >= 0.3 is 0 Å². The molecule has 3 rings (SSSR count). The highest BCUT2D eigenvalue weighted by Gasteiger charge is 2.50. The second kappa shape index (κ2) is 4.74. The molecule has 1 amide bonds. The number of ketones is 1. The predicted molar refractivity (Wildman–Crippen MR) is 78.0 cm³/mol. The van der Waals surface area contributed by atoms with Crippen LogP contribution >= 0.6 is 23.2 Å². The van der Waals surface area contributed by atoms with Crippen molar-refractivity contribution >= 4 is 34.9 Å². The van der Waals surface area contributed by atoms with Gasteiger partial charge in [-0.25, -0.2) is 0 Å². The van der Waals surface area contributed by atoms with Gasteiger partial charge in [0.1, 0.15) is 10.3 Å². The number of rotatable bonds is 2. The van der Waals surface area contributed by atoms with E-state index in [1.54, 1.807) is 24.0 Å². The minimum atomic E-state index is -1.12. The summed E-state index contributed by atoms with van der Waals surface area (Å²) in [5.41, 5.74) is 1.28. The van der Waals surface area contributed by atoms with Crippen LogP contribution in [0, 0.1) is 0 Å². The number of alkyl halides is 2. The molecule has 2 aliphatic rings. The van der Waals surface area contributed by atoms with Crippen LogP contribution in [0.2, 0.25) is 0 Å². The van der Waals surface area contributed by atoms with Crippen LogP contribution in [0.1, 0.15) is 36.8 Å². The van der Waals surface area contributed by atoms with Gasteiger partial charge in [-0.05, 0) is 30.9 Å². The standard InChI is InChI=1S/C15H15Cl2NO2/c1-15(16,17)10-6-3-2-5-9(10)12-13(19)11-7-4-8-18(11)14(12)20/h2-3,5-6,11-12H,4,7-8H2,1H3. The Balaban J connectivity index is 2.06. The molecule has 106 valence electrons. The van der Waals surface area contributed by atoms with Crippen molar-refractivity contribution in [1.82, 2.24) is 4.90 Å². The van der Waals surface area contributed by atoms with Crippen molar-refractivity contribution in [3.8, 4) is 0 Å². The Kier molecular flexibility index (Phi) is 3.30. The fourth-order valence-corrected chi connectivity index (χ4v) is 3.59. The zero-order chi connectivity index (χ0) is 14.5. The molecule has 0 spiro atoms. The van der Waals surface area contributed by atoms with Crippen LogP contribution in [0.4, 0.5) is 0 Å². The number of halogens is 2. The van der Waals surface area contributed by atoms with E-state index in [2.05, 4.69) is 0 Å². The van der Waals surface area contributed by atoms with E-state index in [-0.39, 0.29) is 17.7 Å². The smallest absolute Gasteiger partial charge is 0.238 e. The molecule has 2 unspecified atom stereocenters. The Morgan fingerprint density at radius 1 is 1.25 bits per heavy atom. The number of hydrogen-bond donors (Lipinski definition) is 0. The minimum Gasteiger partial charge on any atom is -0.332 e. The third-order valence-electron chi connectivity index (χ3n) is 4.14. The number of nitrogens with zero attached hydrogens (tertiary/aromatic N) is 1. The third kappa shape index (κ3) is 2.04. The average molecular weight is 312 g/mol. The molecule has 0 bridgehead atoms. The number of hydrogen-bond acceptors (Lipinski definition) is 2. The molecule has 0 aromatic heterocycles. The van der Waals surface area contributed by atoms with Gasteiger partial charge < -0.3 is 4.90 Å². The summed E-state index contributed by atoms with van der Waals surface area (Å²) in [6.07, 6.45) is 1.67. The maximum absolute atomic E-state index is 12.5. The number of amides is 1. The van der Waals surface area contributed by atoms with Gasteiger partial charge in [-0.3, -0.25) is 9.59 Å². The molecule has 0 radical (unpaired) electrons. The molecule has 2 fully saturated rings. The molecule has 0 N–H and O–H groups in total. The summed E-state index contributed by atoms with van der Waals surface area (Å²) < 4.78 is -1.12. The highest BCUT2D eigenvalue weighted by atomic mass is 35.5. The Morgan fingerprint density at radius 3 is 2.60 bits per heavy atom. The fourth-order valence-electron chi connectivity index (χ4n) is 3.24. The van der Waals surface area contributed by atoms with Crippen LogP contribution in [-0.4, -0.2) is 29.2 Å². The normalized spacial score (nSPS) is 26.2. The first kappa shape index (κ1) is 13.9. The van der Waals surface area contributed by atoms with E-state index in [0.29, 0.717) is 17.7 Å². The molecule has 20 heavy (non-hydrogen) atoms. The molecule has 2 atom stereocenters. The van der Waals surface area contributed by atoms with Gasteiger partial charge in [-0.2, -0.15) is 0 Å². The lowest BCUT2D eigenvalue weighted by molar-refractivity contribution is -0.129. The van der Waals surface area contributed by atoms with Crippen LogP contribution in [0.5, 0.6) is 0 Å². The van der Waals surface area contributed by atoms with Crippen LogP contribution in [-0.2, 0) is 13.9 Å². The van der Waals surface area contributed by atoms with E-state index in [1.165, 1.54) is 0 Å². The van der Waals surface area contributed by atoms with Crippen molar-refractivity contribution in [1.29, 1.82) is 0 Å². The SMILES string of the molecule is CC(Cl)(Cl)c1ccccc1C1C(=O)C2CCCN2C1=O. The van der Waals surface area contributed by atoms with E-state index in [0.717, 1.165) is 12.8 Å². The number of carbonyl (C=O) groups is 2. The Bertz CT molecular complexity index is 557. The second-order valence-corrected chi connectivity index (χ2v) is 7.21. The van der Waals surface area contributed by atoms with Crippen LogP contribution in [0.15, 0.2) is 24.3 Å². The van der Waals surface area contributed by atoms with Crippen molar-refractivity contribution in [3.63, 3.8) is 0 Å². The molecule has 2 aliphatic heterocycles. The van der Waals surface area contributed by atoms with E-state index >= 15 is 0 Å². The molecule has 0 aliphatic carbocycles. The van der Waals surface area contributed by atoms with Crippen LogP contribution in [0.3, 0.4) is 0 Å². The third-order valence-corrected chi connectivity index (χ3v) is 4.55. The number of benzene rings is 1. The summed E-state index contributed by atoms with van der Waals surface area (Å²) in [7, 11) is 0. The van der Waals surface area contributed by atoms with E-state index in [1.807, 2.05) is 12.1 Å². The largest absolute Gasteiger partial charge is 0.332 e. The van der Waals surface area contributed by atoms with Crippen molar-refractivity contribution < 1.29 is 9.59 Å². The predicted octanol–water partition coefficient (Wildman–Crippen LogP) is 2.99. The molecule has 2 heterocycles. The average Bonchev–Trinajstić information content (AvgIpc) is 2.94. The Labute approximate surface area is 127 Å². The second-order valence-electron chi connectivity index (χ2n) is 5.50. The van der Waals surface area contributed by atoms with E-state index in [4.69, 9.17) is 23.2 Å². The van der Waals surface area contributed by atoms with Gasteiger partial charge in [0.05, 0.1) is 6.04 Å². The van der Waals surface area contributed by atoms with Gasteiger partial charge in [-0.1, -0.05) is 47.5 Å². The molecular weight excluding hydrogens is 297 g/mol. The lowest BCUT2D eigenvalue weighted by Gasteiger charge is -2.21. The molecule has 1 aromatic carbocycles. The summed E-state index contributed by atoms with van der Waals surface area (Å²) in [6, 6.07) is 6.92. The topological polar surface area (TPSA) is 37.4 Å². The summed E-state index contributed by atoms with van der Waals surface area (Å²) in [5, 5.41) is 0. The molecule has 5 heteroatoms. The highest BCUT2D eigenvalue weighted by Crippen LogP contribution is 2.42. The molecular formula is C15H15Cl2NO2. The summed E-state index contributed by atoms with van der Waals surface area (Å²) in [4.78, 5) is 26.7. The summed E-state index contributed by atoms with van der Waals surface area (Å²) in [6.45, 7) is 2.33. The lowest BCUT2D eigenvalue weighted by Crippen LogP contribution is -2.29. The van der Waals surface area contributed by atoms with E-state index in [9.17, 15) is 9.59 Å². The maximum Gasteiger partial charge on any atom is 0.238 e. The van der Waals surface area contributed by atoms with Crippen LogP contribution in [0.25, 0.3) is 0 Å². The minimum absolute atomic E-state index is 0.0162. The van der Waals surface area contributed by atoms with Gasteiger partial charge in [0.2, 0.25) is 5.91 Å². The monoisotopic (exact) mass is 311 g/mol. The van der Waals surface area contributed by atoms with Gasteiger partial charge in [0, 0.05) is 6.54 Å². The number of fused-ring (bicyclic) bond motifs is 1. The lowest BCUT2D eigenvalue weighted by atomic mass is 9.88. The first-order valence-electron chi connectivity index (χ1n) is 6.72. The molecule has 3 nitrogen and oxygen atoms in total. The first-order valence-corrected chi connectivity index (χ1v) is 7.48. The maximum atomic E-state index is 12.5. The van der Waals surface area contributed by atoms with Gasteiger partial charge in [0.15, 0.2) is 5.78 Å². The Hall–Kier alpha value is -1.06. The number of carbonyl (C=O) groups excluding carboxylic acids is 2. The fraction of sp³-hybridized carbons (Fsp3) is 0.467. The van der Waals surface area contributed by atoms with Crippen LogP contribution < -0.4 is 0 Å².